The number of hydrogen-bond donors (Lipinski definition) is 5. The van der Waals surface area contributed by atoms with Crippen molar-refractivity contribution in [1.29, 1.82) is 0 Å². The van der Waals surface area contributed by atoms with Gasteiger partial charge in [-0.1, -0.05) is 55.7 Å². The first kappa shape index (κ1) is 51.4. The molecule has 0 amide bonds. The maximum Gasteiger partial charge on any atom is 0.271 e. The Labute approximate surface area is 415 Å². The first-order chi connectivity index (χ1) is 30.1. The molecule has 336 valence electrons. The topological polar surface area (TPSA) is 230 Å². The van der Waals surface area contributed by atoms with E-state index in [0.717, 1.165) is 72.9 Å². The number of methoxy groups -OCH3 is 1. The average molecular weight is 1220 g/mol. The van der Waals surface area contributed by atoms with Gasteiger partial charge in [0.05, 0.1) is 35.6 Å². The third kappa shape index (κ3) is 13.6. The van der Waals surface area contributed by atoms with Crippen molar-refractivity contribution in [2.45, 2.75) is 53.4 Å². The summed E-state index contributed by atoms with van der Waals surface area (Å²) >= 11 is 7.94. The minimum absolute atomic E-state index is 0. The molecule has 0 aliphatic heterocycles. The lowest BCUT2D eigenvalue weighted by atomic mass is 10.1. The highest BCUT2D eigenvalue weighted by Gasteiger charge is 2.15. The molecule has 6 heterocycles. The SMILES string of the molecule is Br.BrCc1ccc(I)cc1.COc1ncc(-c2c(C)noc2C)cc1N.Cc1noc(C)c1-c1c[nH]c(=O)c(N)c1.Cc1noc(C)c1-c1c[nH]c(=O)c(NCc2ccc(I)cc2)c1. The van der Waals surface area contributed by atoms with Crippen molar-refractivity contribution in [3.8, 4) is 39.3 Å². The summed E-state index contributed by atoms with van der Waals surface area (Å²) in [6.07, 6.45) is 4.98. The van der Waals surface area contributed by atoms with Gasteiger partial charge in [-0.25, -0.2) is 4.98 Å². The third-order valence-corrected chi connectivity index (χ3v) is 11.4. The van der Waals surface area contributed by atoms with E-state index in [1.54, 1.807) is 30.7 Å². The van der Waals surface area contributed by atoms with Gasteiger partial charge in [0.25, 0.3) is 11.1 Å². The van der Waals surface area contributed by atoms with Crippen molar-refractivity contribution >= 4 is 95.2 Å². The number of alkyl halides is 1. The summed E-state index contributed by atoms with van der Waals surface area (Å²) in [5.74, 6) is 2.62. The molecule has 0 aliphatic rings. The van der Waals surface area contributed by atoms with Crippen LogP contribution in [0.1, 0.15) is 45.5 Å². The molecule has 0 saturated heterocycles. The molecule has 7 N–H and O–H groups in total. The zero-order chi connectivity index (χ0) is 45.8. The number of nitrogens with one attached hydrogen (secondary N) is 3. The number of aryl methyl sites for hydroxylation is 6. The minimum Gasteiger partial charge on any atom is -0.480 e. The number of pyridine rings is 3. The normalized spacial score (nSPS) is 10.3. The van der Waals surface area contributed by atoms with Gasteiger partial charge in [-0.05, 0) is 140 Å². The Bertz CT molecular complexity index is 2830. The molecular formula is C45H47Br2I2N9O6. The van der Waals surface area contributed by atoms with Gasteiger partial charge < -0.3 is 45.1 Å². The number of nitrogens with zero attached hydrogens (tertiary/aromatic N) is 4. The van der Waals surface area contributed by atoms with E-state index in [0.29, 0.717) is 29.6 Å². The molecule has 8 rings (SSSR count). The summed E-state index contributed by atoms with van der Waals surface area (Å²) in [7, 11) is 1.54. The maximum atomic E-state index is 12.0. The van der Waals surface area contributed by atoms with Crippen LogP contribution in [-0.4, -0.2) is 37.5 Å². The Kier molecular flexibility index (Phi) is 19.4. The molecule has 6 aromatic heterocycles. The van der Waals surface area contributed by atoms with Crippen molar-refractivity contribution in [3.63, 3.8) is 0 Å². The molecule has 0 spiro atoms. The minimum atomic E-state index is -0.287. The lowest BCUT2D eigenvalue weighted by Crippen LogP contribution is -2.13. The van der Waals surface area contributed by atoms with Crippen LogP contribution in [0, 0.1) is 48.7 Å². The van der Waals surface area contributed by atoms with Crippen LogP contribution < -0.4 is 32.6 Å². The second-order valence-electron chi connectivity index (χ2n) is 14.0. The van der Waals surface area contributed by atoms with E-state index in [1.807, 2.05) is 71.9 Å². The quantitative estimate of drug-likeness (QED) is 0.0705. The Balaban J connectivity index is 0.000000195. The number of benzene rings is 2. The van der Waals surface area contributed by atoms with E-state index < -0.39 is 0 Å². The van der Waals surface area contributed by atoms with E-state index in [4.69, 9.17) is 29.8 Å². The number of hydrogen-bond acceptors (Lipinski definition) is 13. The van der Waals surface area contributed by atoms with Crippen LogP contribution >= 0.6 is 78.1 Å². The van der Waals surface area contributed by atoms with Gasteiger partial charge in [0.2, 0.25) is 5.88 Å². The number of halogens is 4. The largest absolute Gasteiger partial charge is 0.480 e. The second-order valence-corrected chi connectivity index (χ2v) is 17.0. The Morgan fingerprint density at radius 2 is 1.09 bits per heavy atom. The van der Waals surface area contributed by atoms with Crippen molar-refractivity contribution in [2.75, 3.05) is 23.9 Å². The van der Waals surface area contributed by atoms with Crippen LogP contribution in [0.5, 0.6) is 5.88 Å². The Morgan fingerprint density at radius 3 is 1.52 bits per heavy atom. The summed E-state index contributed by atoms with van der Waals surface area (Å²) in [6.45, 7) is 11.7. The molecule has 15 nitrogen and oxygen atoms in total. The highest BCUT2D eigenvalue weighted by molar-refractivity contribution is 14.1. The molecule has 0 unspecified atom stereocenters. The maximum absolute atomic E-state index is 12.0. The number of aromatic nitrogens is 6. The number of ether oxygens (including phenoxy) is 1. The Hall–Kier alpha value is -5.26. The van der Waals surface area contributed by atoms with Gasteiger partial charge in [-0.3, -0.25) is 9.59 Å². The average Bonchev–Trinajstić information content (AvgIpc) is 3.92. The van der Waals surface area contributed by atoms with Crippen molar-refractivity contribution < 1.29 is 18.3 Å². The summed E-state index contributed by atoms with van der Waals surface area (Å²) in [5, 5.41) is 15.8. The second kappa shape index (κ2) is 24.1. The monoisotopic (exact) mass is 1220 g/mol. The summed E-state index contributed by atoms with van der Waals surface area (Å²) in [4.78, 5) is 32.6. The number of aromatic amines is 2. The number of rotatable bonds is 8. The molecule has 0 bridgehead atoms. The summed E-state index contributed by atoms with van der Waals surface area (Å²) < 4.78 is 22.8. The fourth-order valence-corrected chi connectivity index (χ4v) is 7.33. The van der Waals surface area contributed by atoms with Crippen LogP contribution in [0.15, 0.2) is 108 Å². The van der Waals surface area contributed by atoms with E-state index in [2.05, 4.69) is 121 Å². The number of H-pyrrole nitrogens is 2. The first-order valence-electron chi connectivity index (χ1n) is 19.2. The van der Waals surface area contributed by atoms with E-state index in [1.165, 1.54) is 19.8 Å². The zero-order valence-corrected chi connectivity index (χ0v) is 43.5. The number of nitrogen functional groups attached to an aromatic ring is 2. The molecule has 2 aromatic carbocycles. The fraction of sp³-hybridized carbons (Fsp3) is 0.200. The van der Waals surface area contributed by atoms with Crippen LogP contribution in [-0.2, 0) is 11.9 Å². The Morgan fingerprint density at radius 1 is 0.656 bits per heavy atom. The van der Waals surface area contributed by atoms with Gasteiger partial charge in [0.15, 0.2) is 0 Å². The highest BCUT2D eigenvalue weighted by Crippen LogP contribution is 2.31. The van der Waals surface area contributed by atoms with Crippen molar-refractivity contribution in [3.05, 3.63) is 159 Å². The van der Waals surface area contributed by atoms with Crippen LogP contribution in [0.2, 0.25) is 0 Å². The van der Waals surface area contributed by atoms with E-state index in [-0.39, 0.29) is 33.8 Å². The zero-order valence-electron chi connectivity index (χ0n) is 35.9. The summed E-state index contributed by atoms with van der Waals surface area (Å²) in [5.41, 5.74) is 22.3. The fourth-order valence-electron chi connectivity index (χ4n) is 6.24. The number of nitrogens with two attached hydrogens (primary N) is 2. The van der Waals surface area contributed by atoms with Crippen molar-refractivity contribution in [2.24, 2.45) is 0 Å². The van der Waals surface area contributed by atoms with Crippen molar-refractivity contribution in [1.82, 2.24) is 30.4 Å². The first-order valence-corrected chi connectivity index (χ1v) is 22.5. The standard InChI is InChI=1S/C17H16IN3O2.C11H13N3O2.C10H11N3O2.C7H6BrI.BrH/c1-10-16(11(2)23-21-10)13-7-15(17(22)20-9-13)19-8-12-3-5-14(18)6-4-12;1-6-10(7(2)16-14-6)8-4-9(12)11(15-3)13-5-8;1-5-9(6(2)15-13-5)7-3-8(11)10(14)12-4-7;8-5-6-1-3-7(9)4-2-6;/h3-7,9,19H,8H2,1-2H3,(H,20,22);4-5H,12H2,1-3H3;3-4H,11H2,1-2H3,(H,12,14);1-4H,5H2;1H. The van der Waals surface area contributed by atoms with Gasteiger partial charge in [0, 0.05) is 71.0 Å². The number of anilines is 3. The van der Waals surface area contributed by atoms with Gasteiger partial charge >= 0.3 is 0 Å². The molecule has 0 atom stereocenters. The van der Waals surface area contributed by atoms with Gasteiger partial charge in [-0.15, -0.1) is 17.0 Å². The van der Waals surface area contributed by atoms with Gasteiger partial charge in [-0.2, -0.15) is 0 Å². The van der Waals surface area contributed by atoms with Gasteiger partial charge in [0.1, 0.15) is 23.0 Å². The molecule has 0 saturated carbocycles. The highest BCUT2D eigenvalue weighted by atomic mass is 127. The third-order valence-electron chi connectivity index (χ3n) is 9.34. The van der Waals surface area contributed by atoms with Crippen LogP contribution in [0.4, 0.5) is 17.1 Å². The molecule has 19 heteroatoms. The molecule has 64 heavy (non-hydrogen) atoms. The molecule has 0 aliphatic carbocycles. The molecular weight excluding hydrogens is 1180 g/mol. The lowest BCUT2D eigenvalue weighted by molar-refractivity contribution is 0.393. The smallest absolute Gasteiger partial charge is 0.271 e. The lowest BCUT2D eigenvalue weighted by Gasteiger charge is -2.08. The van der Waals surface area contributed by atoms with E-state index >= 15 is 0 Å². The van der Waals surface area contributed by atoms with E-state index in [9.17, 15) is 9.59 Å². The molecule has 0 radical (unpaired) electrons. The molecule has 8 aromatic rings. The van der Waals surface area contributed by atoms with Crippen LogP contribution in [0.3, 0.4) is 0 Å². The van der Waals surface area contributed by atoms with Crippen LogP contribution in [0.25, 0.3) is 33.4 Å². The molecule has 0 fully saturated rings. The predicted molar refractivity (Wildman–Crippen MR) is 277 cm³/mol. The summed E-state index contributed by atoms with van der Waals surface area (Å²) in [6, 6.07) is 21.9. The predicted octanol–water partition coefficient (Wildman–Crippen LogP) is 10.8.